The van der Waals surface area contributed by atoms with Crippen molar-refractivity contribution in [3.63, 3.8) is 0 Å². The lowest BCUT2D eigenvalue weighted by Gasteiger charge is -2.14. The molecule has 5 heteroatoms. The summed E-state index contributed by atoms with van der Waals surface area (Å²) in [6.07, 6.45) is 0. The number of nitrogens with two attached hydrogens (primary N) is 1. The third kappa shape index (κ3) is 3.30. The monoisotopic (exact) mass is 286 g/mol. The number of hydrogen-bond acceptors (Lipinski definition) is 4. The average Bonchev–Trinajstić information content (AvgIpc) is 2.35. The van der Waals surface area contributed by atoms with Crippen molar-refractivity contribution in [1.82, 2.24) is 9.97 Å². The predicted octanol–water partition coefficient (Wildman–Crippen LogP) is 2.65. The number of aryl methyl sites for hydroxylation is 3. The summed E-state index contributed by atoms with van der Waals surface area (Å²) < 4.78 is 0. The van der Waals surface area contributed by atoms with E-state index in [-0.39, 0.29) is 0 Å². The maximum Gasteiger partial charge on any atom is 0.107 e. The quantitative estimate of drug-likeness (QED) is 0.846. The summed E-state index contributed by atoms with van der Waals surface area (Å²) in [6, 6.07) is 7.92. The summed E-state index contributed by atoms with van der Waals surface area (Å²) in [5.41, 5.74) is 11.3. The zero-order chi connectivity index (χ0) is 14.7. The standard InChI is InChI=1S/C15H18N4S/c1-9-5-4-6-12(19-9)8-17-13-7-10(2)18-11(3)14(13)15(16)20/h4-7H,8H2,1-3H3,(H2,16,20)(H,17,18). The molecule has 0 amide bonds. The Balaban J connectivity index is 2.27. The molecular formula is C15H18N4S. The van der Waals surface area contributed by atoms with Gasteiger partial charge >= 0.3 is 0 Å². The number of thiocarbonyl (C=S) groups is 1. The zero-order valence-electron chi connectivity index (χ0n) is 11.9. The molecule has 2 aromatic rings. The Bertz CT molecular complexity index is 652. The molecule has 0 bridgehead atoms. The predicted molar refractivity (Wildman–Crippen MR) is 85.9 cm³/mol. The Labute approximate surface area is 124 Å². The van der Waals surface area contributed by atoms with Gasteiger partial charge in [0.25, 0.3) is 0 Å². The van der Waals surface area contributed by atoms with Crippen LogP contribution in [0.1, 0.15) is 28.3 Å². The molecule has 2 aromatic heterocycles. The maximum atomic E-state index is 5.79. The molecule has 0 unspecified atom stereocenters. The minimum Gasteiger partial charge on any atom is -0.389 e. The topological polar surface area (TPSA) is 63.8 Å². The van der Waals surface area contributed by atoms with Crippen molar-refractivity contribution in [3.05, 3.63) is 52.6 Å². The van der Waals surface area contributed by atoms with Gasteiger partial charge in [-0.3, -0.25) is 9.97 Å². The van der Waals surface area contributed by atoms with Crippen LogP contribution in [0.25, 0.3) is 0 Å². The van der Waals surface area contributed by atoms with Crippen molar-refractivity contribution >= 4 is 22.9 Å². The van der Waals surface area contributed by atoms with Crippen LogP contribution in [0.4, 0.5) is 5.69 Å². The maximum absolute atomic E-state index is 5.79. The van der Waals surface area contributed by atoms with Gasteiger partial charge in [-0.1, -0.05) is 18.3 Å². The molecule has 0 aliphatic carbocycles. The van der Waals surface area contributed by atoms with Crippen LogP contribution in [0, 0.1) is 20.8 Å². The number of hydrogen-bond donors (Lipinski definition) is 2. The van der Waals surface area contributed by atoms with Gasteiger partial charge in [-0.15, -0.1) is 0 Å². The first-order chi connectivity index (χ1) is 9.47. The Morgan fingerprint density at radius 3 is 2.60 bits per heavy atom. The molecule has 2 heterocycles. The van der Waals surface area contributed by atoms with Gasteiger partial charge in [0, 0.05) is 22.8 Å². The first kappa shape index (κ1) is 14.4. The molecule has 0 saturated heterocycles. The fourth-order valence-electron chi connectivity index (χ4n) is 2.16. The molecule has 0 spiro atoms. The van der Waals surface area contributed by atoms with Crippen molar-refractivity contribution in [1.29, 1.82) is 0 Å². The third-order valence-electron chi connectivity index (χ3n) is 2.98. The molecule has 0 fully saturated rings. The van der Waals surface area contributed by atoms with Gasteiger partial charge < -0.3 is 11.1 Å². The molecule has 0 saturated carbocycles. The fraction of sp³-hybridized carbons (Fsp3) is 0.267. The normalized spacial score (nSPS) is 10.3. The fourth-order valence-corrected chi connectivity index (χ4v) is 2.42. The molecule has 104 valence electrons. The Morgan fingerprint density at radius 1 is 1.20 bits per heavy atom. The summed E-state index contributed by atoms with van der Waals surface area (Å²) >= 11 is 5.11. The van der Waals surface area contributed by atoms with Crippen molar-refractivity contribution in [2.24, 2.45) is 5.73 Å². The molecule has 0 aromatic carbocycles. The van der Waals surface area contributed by atoms with Crippen LogP contribution in [-0.4, -0.2) is 15.0 Å². The largest absolute Gasteiger partial charge is 0.389 e. The highest BCUT2D eigenvalue weighted by atomic mass is 32.1. The van der Waals surface area contributed by atoms with E-state index in [0.29, 0.717) is 11.5 Å². The number of rotatable bonds is 4. The van der Waals surface area contributed by atoms with E-state index in [1.807, 2.05) is 45.0 Å². The van der Waals surface area contributed by atoms with Crippen LogP contribution < -0.4 is 11.1 Å². The van der Waals surface area contributed by atoms with Gasteiger partial charge in [-0.05, 0) is 39.0 Å². The zero-order valence-corrected chi connectivity index (χ0v) is 12.7. The second kappa shape index (κ2) is 5.96. The van der Waals surface area contributed by atoms with Crippen molar-refractivity contribution in [2.45, 2.75) is 27.3 Å². The summed E-state index contributed by atoms with van der Waals surface area (Å²) in [5, 5.41) is 3.35. The van der Waals surface area contributed by atoms with Crippen LogP contribution >= 0.6 is 12.2 Å². The van der Waals surface area contributed by atoms with Crippen LogP contribution in [0.3, 0.4) is 0 Å². The van der Waals surface area contributed by atoms with E-state index in [4.69, 9.17) is 18.0 Å². The molecule has 3 N–H and O–H groups in total. The van der Waals surface area contributed by atoms with Crippen molar-refractivity contribution in [3.8, 4) is 0 Å². The van der Waals surface area contributed by atoms with Gasteiger partial charge in [0.05, 0.1) is 17.8 Å². The van der Waals surface area contributed by atoms with Gasteiger partial charge in [0.2, 0.25) is 0 Å². The first-order valence-corrected chi connectivity index (χ1v) is 6.82. The third-order valence-corrected chi connectivity index (χ3v) is 3.18. The minimum absolute atomic E-state index is 0.356. The highest BCUT2D eigenvalue weighted by molar-refractivity contribution is 7.80. The van der Waals surface area contributed by atoms with Gasteiger partial charge in [0.1, 0.15) is 4.99 Å². The lowest BCUT2D eigenvalue weighted by atomic mass is 10.1. The molecule has 2 rings (SSSR count). The second-order valence-corrected chi connectivity index (χ2v) is 5.20. The highest BCUT2D eigenvalue weighted by Gasteiger charge is 2.11. The summed E-state index contributed by atoms with van der Waals surface area (Å²) in [4.78, 5) is 9.22. The Kier molecular flexibility index (Phi) is 4.29. The smallest absolute Gasteiger partial charge is 0.107 e. The van der Waals surface area contributed by atoms with Crippen LogP contribution in [0.5, 0.6) is 0 Å². The number of nitrogens with one attached hydrogen (secondary N) is 1. The van der Waals surface area contributed by atoms with Crippen LogP contribution in [0.15, 0.2) is 24.3 Å². The van der Waals surface area contributed by atoms with Gasteiger partial charge in [-0.2, -0.15) is 0 Å². The highest BCUT2D eigenvalue weighted by Crippen LogP contribution is 2.20. The average molecular weight is 286 g/mol. The van der Waals surface area contributed by atoms with Gasteiger partial charge in [-0.25, -0.2) is 0 Å². The van der Waals surface area contributed by atoms with Crippen molar-refractivity contribution in [2.75, 3.05) is 5.32 Å². The van der Waals surface area contributed by atoms with E-state index in [1.165, 1.54) is 0 Å². The number of pyridine rings is 2. The minimum atomic E-state index is 0.356. The summed E-state index contributed by atoms with van der Waals surface area (Å²) in [7, 11) is 0. The Hall–Kier alpha value is -2.01. The molecular weight excluding hydrogens is 268 g/mol. The molecule has 20 heavy (non-hydrogen) atoms. The number of anilines is 1. The van der Waals surface area contributed by atoms with Crippen LogP contribution in [0.2, 0.25) is 0 Å². The van der Waals surface area contributed by atoms with E-state index in [0.717, 1.165) is 34.0 Å². The lowest BCUT2D eigenvalue weighted by molar-refractivity contribution is 1.01. The number of nitrogens with zero attached hydrogens (tertiary/aromatic N) is 2. The SMILES string of the molecule is Cc1cccc(CNc2cc(C)nc(C)c2C(N)=S)n1. The Morgan fingerprint density at radius 2 is 1.95 bits per heavy atom. The summed E-state index contributed by atoms with van der Waals surface area (Å²) in [5.74, 6) is 0. The lowest BCUT2D eigenvalue weighted by Crippen LogP contribution is -2.16. The molecule has 0 aliphatic rings. The van der Waals surface area contributed by atoms with Crippen LogP contribution in [-0.2, 0) is 6.54 Å². The number of aromatic nitrogens is 2. The van der Waals surface area contributed by atoms with Gasteiger partial charge in [0.15, 0.2) is 0 Å². The van der Waals surface area contributed by atoms with E-state index in [1.54, 1.807) is 0 Å². The molecule has 0 radical (unpaired) electrons. The van der Waals surface area contributed by atoms with E-state index >= 15 is 0 Å². The summed E-state index contributed by atoms with van der Waals surface area (Å²) in [6.45, 7) is 6.47. The van der Waals surface area contributed by atoms with E-state index < -0.39 is 0 Å². The van der Waals surface area contributed by atoms with E-state index in [2.05, 4.69) is 15.3 Å². The molecule has 0 atom stereocenters. The molecule has 4 nitrogen and oxygen atoms in total. The second-order valence-electron chi connectivity index (χ2n) is 4.76. The van der Waals surface area contributed by atoms with Crippen molar-refractivity contribution < 1.29 is 0 Å². The molecule has 0 aliphatic heterocycles. The van der Waals surface area contributed by atoms with E-state index in [9.17, 15) is 0 Å². The first-order valence-electron chi connectivity index (χ1n) is 6.42.